The molecule has 0 unspecified atom stereocenters. The minimum absolute atomic E-state index is 0.0184. The summed E-state index contributed by atoms with van der Waals surface area (Å²) in [6, 6.07) is 8.56. The number of nitrogens with two attached hydrogens (primary N) is 1. The highest BCUT2D eigenvalue weighted by Crippen LogP contribution is 2.32. The van der Waals surface area contributed by atoms with Gasteiger partial charge in [-0.1, -0.05) is 46.9 Å². The van der Waals surface area contributed by atoms with E-state index in [1.807, 2.05) is 22.6 Å². The molecule has 4 N–H and O–H groups in total. The van der Waals surface area contributed by atoms with Gasteiger partial charge in [0.05, 0.1) is 10.1 Å². The Hall–Kier alpha value is -1.39. The molecular weight excluding hydrogens is 419 g/mol. The monoisotopic (exact) mass is 434 g/mol. The molecule has 0 aliphatic rings. The van der Waals surface area contributed by atoms with Gasteiger partial charge in [-0.3, -0.25) is 9.35 Å². The maximum absolute atomic E-state index is 11.7. The zero-order valence-corrected chi connectivity index (χ0v) is 14.5. The molecule has 0 spiro atoms. The molecule has 0 bridgehead atoms. The molecule has 2 aromatic carbocycles. The van der Waals surface area contributed by atoms with Gasteiger partial charge in [0, 0.05) is 11.9 Å². The van der Waals surface area contributed by atoms with Crippen LogP contribution in [0, 0.1) is 0 Å². The number of anilines is 1. The summed E-state index contributed by atoms with van der Waals surface area (Å²) in [5.41, 5.74) is 6.52. The fourth-order valence-corrected chi connectivity index (χ4v) is 3.40. The maximum Gasteiger partial charge on any atom is 0.297 e. The molecule has 0 saturated heterocycles. The van der Waals surface area contributed by atoms with Gasteiger partial charge in [0.15, 0.2) is 0 Å². The molecule has 0 heterocycles. The number of rotatable bonds is 5. The van der Waals surface area contributed by atoms with Gasteiger partial charge in [0.2, 0.25) is 5.91 Å². The first-order valence-electron chi connectivity index (χ1n) is 6.45. The molecule has 0 atom stereocenters. The van der Waals surface area contributed by atoms with E-state index in [9.17, 15) is 17.8 Å². The number of benzene rings is 2. The highest BCUT2D eigenvalue weighted by atomic mass is 127. The summed E-state index contributed by atoms with van der Waals surface area (Å²) >= 11 is 1.95. The number of amides is 1. The van der Waals surface area contributed by atoms with Crippen molar-refractivity contribution in [2.75, 3.05) is 16.7 Å². The lowest BCUT2D eigenvalue weighted by atomic mass is 10.0. The molecule has 2 rings (SSSR count). The first kappa shape index (κ1) is 17.0. The largest absolute Gasteiger partial charge is 0.397 e. The summed E-state index contributed by atoms with van der Waals surface area (Å²) < 4.78 is 33.1. The van der Waals surface area contributed by atoms with Gasteiger partial charge in [0.1, 0.15) is 4.90 Å². The predicted molar refractivity (Wildman–Crippen MR) is 93.8 cm³/mol. The third-order valence-electron chi connectivity index (χ3n) is 3.22. The van der Waals surface area contributed by atoms with Crippen molar-refractivity contribution in [1.82, 2.24) is 5.32 Å². The van der Waals surface area contributed by atoms with Crippen molar-refractivity contribution in [3.63, 3.8) is 0 Å². The predicted octanol–water partition coefficient (Wildman–Crippen LogP) is 1.76. The molecular formula is C14H15IN2O4S. The van der Waals surface area contributed by atoms with Crippen molar-refractivity contribution < 1.29 is 17.8 Å². The van der Waals surface area contributed by atoms with E-state index in [4.69, 9.17) is 5.73 Å². The number of nitrogen functional groups attached to an aromatic ring is 1. The lowest BCUT2D eigenvalue weighted by Crippen LogP contribution is -2.26. The smallest absolute Gasteiger partial charge is 0.297 e. The van der Waals surface area contributed by atoms with Gasteiger partial charge in [-0.15, -0.1) is 0 Å². The fourth-order valence-electron chi connectivity index (χ4n) is 2.25. The van der Waals surface area contributed by atoms with E-state index < -0.39 is 10.1 Å². The van der Waals surface area contributed by atoms with Crippen molar-refractivity contribution in [2.45, 2.75) is 11.3 Å². The highest BCUT2D eigenvalue weighted by Gasteiger charge is 2.20. The Labute approximate surface area is 142 Å². The van der Waals surface area contributed by atoms with Gasteiger partial charge < -0.3 is 11.1 Å². The SMILES string of the molecule is Nc1c(CCNC(=O)CI)cc2ccccc2c1S(=O)(=O)O. The molecule has 0 aliphatic heterocycles. The Morgan fingerprint density at radius 3 is 2.64 bits per heavy atom. The first-order valence-corrected chi connectivity index (χ1v) is 9.41. The fraction of sp³-hybridized carbons (Fsp3) is 0.214. The number of alkyl halides is 1. The zero-order chi connectivity index (χ0) is 16.3. The van der Waals surface area contributed by atoms with E-state index in [0.717, 1.165) is 0 Å². The van der Waals surface area contributed by atoms with Crippen LogP contribution in [0.5, 0.6) is 0 Å². The molecule has 0 fully saturated rings. The van der Waals surface area contributed by atoms with E-state index in [1.54, 1.807) is 30.3 Å². The average molecular weight is 434 g/mol. The van der Waals surface area contributed by atoms with Gasteiger partial charge in [-0.05, 0) is 23.4 Å². The number of halogens is 1. The van der Waals surface area contributed by atoms with Crippen LogP contribution >= 0.6 is 22.6 Å². The van der Waals surface area contributed by atoms with Crippen LogP contribution < -0.4 is 11.1 Å². The second-order valence-electron chi connectivity index (χ2n) is 4.71. The van der Waals surface area contributed by atoms with Crippen LogP contribution in [-0.2, 0) is 21.3 Å². The number of carbonyl (C=O) groups excluding carboxylic acids is 1. The number of hydrogen-bond donors (Lipinski definition) is 3. The maximum atomic E-state index is 11.7. The van der Waals surface area contributed by atoms with E-state index in [0.29, 0.717) is 33.7 Å². The second kappa shape index (κ2) is 6.80. The quantitative estimate of drug-likeness (QED) is 0.288. The lowest BCUT2D eigenvalue weighted by Gasteiger charge is -2.13. The van der Waals surface area contributed by atoms with Crippen LogP contribution in [0.15, 0.2) is 35.2 Å². The molecule has 2 aromatic rings. The third kappa shape index (κ3) is 3.68. The number of carbonyl (C=O) groups is 1. The van der Waals surface area contributed by atoms with E-state index in [-0.39, 0.29) is 16.5 Å². The molecule has 22 heavy (non-hydrogen) atoms. The number of fused-ring (bicyclic) bond motifs is 1. The highest BCUT2D eigenvalue weighted by molar-refractivity contribution is 14.1. The molecule has 0 aliphatic carbocycles. The summed E-state index contributed by atoms with van der Waals surface area (Å²) in [6.07, 6.45) is 0.377. The molecule has 118 valence electrons. The summed E-state index contributed by atoms with van der Waals surface area (Å²) in [5.74, 6) is -0.102. The summed E-state index contributed by atoms with van der Waals surface area (Å²) in [5, 5.41) is 3.74. The van der Waals surface area contributed by atoms with Crippen LogP contribution in [0.2, 0.25) is 0 Å². The van der Waals surface area contributed by atoms with Crippen molar-refractivity contribution >= 4 is 55.1 Å². The zero-order valence-electron chi connectivity index (χ0n) is 11.5. The van der Waals surface area contributed by atoms with E-state index in [2.05, 4.69) is 5.32 Å². The number of nitrogens with one attached hydrogen (secondary N) is 1. The molecule has 8 heteroatoms. The van der Waals surface area contributed by atoms with Crippen molar-refractivity contribution in [3.8, 4) is 0 Å². The summed E-state index contributed by atoms with van der Waals surface area (Å²) in [4.78, 5) is 11.0. The Morgan fingerprint density at radius 2 is 2.00 bits per heavy atom. The molecule has 1 amide bonds. The van der Waals surface area contributed by atoms with Gasteiger partial charge in [-0.2, -0.15) is 8.42 Å². The molecule has 6 nitrogen and oxygen atoms in total. The van der Waals surface area contributed by atoms with Gasteiger partial charge >= 0.3 is 0 Å². The molecule has 0 radical (unpaired) electrons. The molecule has 0 saturated carbocycles. The van der Waals surface area contributed by atoms with E-state index in [1.165, 1.54) is 0 Å². The van der Waals surface area contributed by atoms with Crippen LogP contribution in [0.4, 0.5) is 5.69 Å². The van der Waals surface area contributed by atoms with Crippen molar-refractivity contribution in [1.29, 1.82) is 0 Å². The normalized spacial score (nSPS) is 11.5. The summed E-state index contributed by atoms with van der Waals surface area (Å²) in [7, 11) is -4.44. The minimum atomic E-state index is -4.44. The first-order chi connectivity index (χ1) is 10.3. The number of hydrogen-bond acceptors (Lipinski definition) is 4. The van der Waals surface area contributed by atoms with E-state index >= 15 is 0 Å². The van der Waals surface area contributed by atoms with Gasteiger partial charge in [0.25, 0.3) is 10.1 Å². The van der Waals surface area contributed by atoms with Crippen LogP contribution in [0.3, 0.4) is 0 Å². The lowest BCUT2D eigenvalue weighted by molar-refractivity contribution is -0.118. The topological polar surface area (TPSA) is 109 Å². The Morgan fingerprint density at radius 1 is 1.32 bits per heavy atom. The van der Waals surface area contributed by atoms with Crippen molar-refractivity contribution in [3.05, 3.63) is 35.9 Å². The van der Waals surface area contributed by atoms with Crippen LogP contribution in [0.25, 0.3) is 10.8 Å². The molecule has 0 aromatic heterocycles. The Balaban J connectivity index is 2.48. The van der Waals surface area contributed by atoms with Crippen molar-refractivity contribution in [2.24, 2.45) is 0 Å². The standard InChI is InChI=1S/C14H15IN2O4S/c15-8-12(18)17-6-5-10-7-9-3-1-2-4-11(9)14(13(10)16)22(19,20)21/h1-4,7H,5-6,8,16H2,(H,17,18)(H,19,20,21). The van der Waals surface area contributed by atoms with Gasteiger partial charge in [-0.25, -0.2) is 0 Å². The van der Waals surface area contributed by atoms with Crippen LogP contribution in [0.1, 0.15) is 5.56 Å². The second-order valence-corrected chi connectivity index (χ2v) is 6.83. The summed E-state index contributed by atoms with van der Waals surface area (Å²) in [6.45, 7) is 0.343. The Bertz CT molecular complexity index is 821. The Kier molecular flexibility index (Phi) is 5.24. The van der Waals surface area contributed by atoms with Crippen LogP contribution in [-0.4, -0.2) is 29.9 Å². The third-order valence-corrected chi connectivity index (χ3v) is 4.87. The minimum Gasteiger partial charge on any atom is -0.397 e. The average Bonchev–Trinajstić information content (AvgIpc) is 2.46.